The Morgan fingerprint density at radius 2 is 1.94 bits per heavy atom. The molecule has 2 heterocycles. The SMILES string of the molecule is CN(Cc1ccncc1)C(=O)c1ccccn1. The fourth-order valence-corrected chi connectivity index (χ4v) is 1.52. The van der Waals surface area contributed by atoms with Crippen molar-refractivity contribution in [2.45, 2.75) is 6.54 Å². The Labute approximate surface area is 99.9 Å². The van der Waals surface area contributed by atoms with Crippen molar-refractivity contribution in [1.29, 1.82) is 0 Å². The number of hydrogen-bond acceptors (Lipinski definition) is 3. The first-order chi connectivity index (χ1) is 8.27. The van der Waals surface area contributed by atoms with Gasteiger partial charge in [0.25, 0.3) is 5.91 Å². The van der Waals surface area contributed by atoms with Gasteiger partial charge in [0.2, 0.25) is 0 Å². The van der Waals surface area contributed by atoms with Crippen molar-refractivity contribution >= 4 is 5.91 Å². The Morgan fingerprint density at radius 3 is 2.59 bits per heavy atom. The fraction of sp³-hybridized carbons (Fsp3) is 0.154. The second-order valence-corrected chi connectivity index (χ2v) is 3.73. The van der Waals surface area contributed by atoms with Crippen LogP contribution in [-0.2, 0) is 6.54 Å². The van der Waals surface area contributed by atoms with Crippen LogP contribution in [0.4, 0.5) is 0 Å². The summed E-state index contributed by atoms with van der Waals surface area (Å²) in [5, 5.41) is 0. The van der Waals surface area contributed by atoms with Crippen LogP contribution in [-0.4, -0.2) is 27.8 Å². The van der Waals surface area contributed by atoms with Crippen LogP contribution in [0.3, 0.4) is 0 Å². The molecule has 0 saturated carbocycles. The van der Waals surface area contributed by atoms with Gasteiger partial charge in [0.15, 0.2) is 0 Å². The molecule has 2 aromatic heterocycles. The Kier molecular flexibility index (Phi) is 3.45. The molecule has 2 aromatic rings. The van der Waals surface area contributed by atoms with Crippen molar-refractivity contribution in [3.8, 4) is 0 Å². The van der Waals surface area contributed by atoms with Crippen LogP contribution in [0.5, 0.6) is 0 Å². The van der Waals surface area contributed by atoms with Crippen molar-refractivity contribution in [2.75, 3.05) is 7.05 Å². The lowest BCUT2D eigenvalue weighted by Gasteiger charge is -2.16. The van der Waals surface area contributed by atoms with E-state index in [4.69, 9.17) is 0 Å². The van der Waals surface area contributed by atoms with Gasteiger partial charge in [-0.15, -0.1) is 0 Å². The molecule has 0 aromatic carbocycles. The number of aromatic nitrogens is 2. The third kappa shape index (κ3) is 2.87. The van der Waals surface area contributed by atoms with E-state index in [0.29, 0.717) is 12.2 Å². The second-order valence-electron chi connectivity index (χ2n) is 3.73. The summed E-state index contributed by atoms with van der Waals surface area (Å²) in [4.78, 5) is 21.6. The predicted molar refractivity (Wildman–Crippen MR) is 64.3 cm³/mol. The van der Waals surface area contributed by atoms with Crippen molar-refractivity contribution in [2.24, 2.45) is 0 Å². The Hall–Kier alpha value is -2.23. The van der Waals surface area contributed by atoms with E-state index in [9.17, 15) is 4.79 Å². The van der Waals surface area contributed by atoms with Crippen LogP contribution in [0.15, 0.2) is 48.9 Å². The molecule has 2 rings (SSSR count). The van der Waals surface area contributed by atoms with Gasteiger partial charge in [-0.3, -0.25) is 14.8 Å². The minimum Gasteiger partial charge on any atom is -0.336 e. The maximum atomic E-state index is 12.0. The average molecular weight is 227 g/mol. The van der Waals surface area contributed by atoms with E-state index in [0.717, 1.165) is 5.56 Å². The van der Waals surface area contributed by atoms with Gasteiger partial charge in [-0.05, 0) is 29.8 Å². The van der Waals surface area contributed by atoms with E-state index in [-0.39, 0.29) is 5.91 Å². The molecular formula is C13H13N3O. The van der Waals surface area contributed by atoms with Crippen LogP contribution in [0, 0.1) is 0 Å². The summed E-state index contributed by atoms with van der Waals surface area (Å²) in [5.41, 5.74) is 1.51. The smallest absolute Gasteiger partial charge is 0.272 e. The number of amides is 1. The summed E-state index contributed by atoms with van der Waals surface area (Å²) < 4.78 is 0. The van der Waals surface area contributed by atoms with Crippen LogP contribution in [0.2, 0.25) is 0 Å². The normalized spacial score (nSPS) is 9.94. The summed E-state index contributed by atoms with van der Waals surface area (Å²) in [5.74, 6) is -0.0811. The van der Waals surface area contributed by atoms with Gasteiger partial charge in [0, 0.05) is 32.2 Å². The number of carbonyl (C=O) groups is 1. The van der Waals surface area contributed by atoms with Crippen LogP contribution < -0.4 is 0 Å². The first-order valence-electron chi connectivity index (χ1n) is 5.33. The molecule has 0 unspecified atom stereocenters. The lowest BCUT2D eigenvalue weighted by atomic mass is 10.2. The largest absolute Gasteiger partial charge is 0.336 e. The van der Waals surface area contributed by atoms with Gasteiger partial charge in [-0.1, -0.05) is 6.07 Å². The maximum absolute atomic E-state index is 12.0. The zero-order valence-electron chi connectivity index (χ0n) is 9.58. The minimum atomic E-state index is -0.0811. The molecular weight excluding hydrogens is 214 g/mol. The molecule has 4 heteroatoms. The average Bonchev–Trinajstić information content (AvgIpc) is 2.40. The fourth-order valence-electron chi connectivity index (χ4n) is 1.52. The molecule has 0 N–H and O–H groups in total. The van der Waals surface area contributed by atoms with Crippen LogP contribution in [0.25, 0.3) is 0 Å². The third-order valence-electron chi connectivity index (χ3n) is 2.40. The Morgan fingerprint density at radius 1 is 1.18 bits per heavy atom. The van der Waals surface area contributed by atoms with Crippen LogP contribution in [0.1, 0.15) is 16.1 Å². The summed E-state index contributed by atoms with van der Waals surface area (Å²) >= 11 is 0. The van der Waals surface area contributed by atoms with E-state index in [1.165, 1.54) is 0 Å². The molecule has 0 radical (unpaired) electrons. The lowest BCUT2D eigenvalue weighted by molar-refractivity contribution is 0.0779. The van der Waals surface area contributed by atoms with Crippen molar-refractivity contribution in [3.05, 3.63) is 60.2 Å². The van der Waals surface area contributed by atoms with E-state index in [1.807, 2.05) is 12.1 Å². The minimum absolute atomic E-state index is 0.0811. The van der Waals surface area contributed by atoms with E-state index < -0.39 is 0 Å². The number of nitrogens with zero attached hydrogens (tertiary/aromatic N) is 3. The van der Waals surface area contributed by atoms with E-state index in [1.54, 1.807) is 48.7 Å². The van der Waals surface area contributed by atoms with Crippen molar-refractivity contribution in [3.63, 3.8) is 0 Å². The number of hydrogen-bond donors (Lipinski definition) is 0. The van der Waals surface area contributed by atoms with Gasteiger partial charge < -0.3 is 4.90 Å². The molecule has 0 atom stereocenters. The number of rotatable bonds is 3. The molecule has 86 valence electrons. The molecule has 0 aliphatic rings. The summed E-state index contributed by atoms with van der Waals surface area (Å²) in [7, 11) is 1.76. The Balaban J connectivity index is 2.06. The number of carbonyl (C=O) groups excluding carboxylic acids is 1. The zero-order valence-corrected chi connectivity index (χ0v) is 9.58. The van der Waals surface area contributed by atoms with Gasteiger partial charge in [0.1, 0.15) is 5.69 Å². The Bertz CT molecular complexity index is 485. The summed E-state index contributed by atoms with van der Waals surface area (Å²) in [6.07, 6.45) is 5.05. The highest BCUT2D eigenvalue weighted by molar-refractivity contribution is 5.91. The standard InChI is InChI=1S/C13H13N3O/c1-16(10-11-5-8-14-9-6-11)13(17)12-4-2-3-7-15-12/h2-9H,10H2,1H3. The van der Waals surface area contributed by atoms with Gasteiger partial charge >= 0.3 is 0 Å². The first kappa shape index (κ1) is 11.3. The molecule has 0 bridgehead atoms. The molecule has 1 amide bonds. The highest BCUT2D eigenvalue weighted by atomic mass is 16.2. The third-order valence-corrected chi connectivity index (χ3v) is 2.40. The maximum Gasteiger partial charge on any atom is 0.272 e. The molecule has 0 aliphatic carbocycles. The predicted octanol–water partition coefficient (Wildman–Crippen LogP) is 1.75. The van der Waals surface area contributed by atoms with Crippen molar-refractivity contribution < 1.29 is 4.79 Å². The first-order valence-corrected chi connectivity index (χ1v) is 5.33. The topological polar surface area (TPSA) is 46.1 Å². The number of pyridine rings is 2. The van der Waals surface area contributed by atoms with Crippen LogP contribution >= 0.6 is 0 Å². The second kappa shape index (κ2) is 5.21. The molecule has 17 heavy (non-hydrogen) atoms. The van der Waals surface area contributed by atoms with E-state index >= 15 is 0 Å². The summed E-state index contributed by atoms with van der Waals surface area (Å²) in [6.45, 7) is 0.553. The molecule has 0 aliphatic heterocycles. The molecule has 4 nitrogen and oxygen atoms in total. The molecule has 0 fully saturated rings. The summed E-state index contributed by atoms with van der Waals surface area (Å²) in [6, 6.07) is 9.09. The highest BCUT2D eigenvalue weighted by Gasteiger charge is 2.12. The zero-order chi connectivity index (χ0) is 12.1. The molecule has 0 saturated heterocycles. The monoisotopic (exact) mass is 227 g/mol. The lowest BCUT2D eigenvalue weighted by Crippen LogP contribution is -2.26. The van der Waals surface area contributed by atoms with E-state index in [2.05, 4.69) is 9.97 Å². The quantitative estimate of drug-likeness (QED) is 0.802. The van der Waals surface area contributed by atoms with Gasteiger partial charge in [-0.2, -0.15) is 0 Å². The van der Waals surface area contributed by atoms with Gasteiger partial charge in [-0.25, -0.2) is 0 Å². The van der Waals surface area contributed by atoms with Gasteiger partial charge in [0.05, 0.1) is 0 Å². The highest BCUT2D eigenvalue weighted by Crippen LogP contribution is 2.05. The molecule has 0 spiro atoms. The van der Waals surface area contributed by atoms with Crippen molar-refractivity contribution in [1.82, 2.24) is 14.9 Å².